The maximum Gasteiger partial charge on any atom is 0.354 e. The molecule has 1 aromatic carbocycles. The zero-order valence-electron chi connectivity index (χ0n) is 17.1. The van der Waals surface area contributed by atoms with Crippen molar-refractivity contribution in [1.29, 1.82) is 0 Å². The van der Waals surface area contributed by atoms with Crippen molar-refractivity contribution in [2.45, 2.75) is 20.4 Å². The normalized spacial score (nSPS) is 10.5. The Morgan fingerprint density at radius 3 is 2.33 bits per heavy atom. The lowest BCUT2D eigenvalue weighted by Gasteiger charge is -2.22. The first-order chi connectivity index (χ1) is 14.4. The Morgan fingerprint density at radius 2 is 1.70 bits per heavy atom. The second-order valence-electron chi connectivity index (χ2n) is 6.92. The number of nitrogens with one attached hydrogen (secondary N) is 1. The molecule has 0 aliphatic carbocycles. The van der Waals surface area contributed by atoms with Crippen molar-refractivity contribution in [3.8, 4) is 0 Å². The number of aromatic amines is 1. The number of carbonyl (C=O) groups excluding carboxylic acids is 3. The highest BCUT2D eigenvalue weighted by molar-refractivity contribution is 6.05. The van der Waals surface area contributed by atoms with Gasteiger partial charge in [0.1, 0.15) is 5.69 Å². The number of H-pyrrole nitrogens is 1. The number of Topliss-reactive ketones (excluding diaryl/α,β-unsaturated/α-hetero) is 1. The third-order valence-corrected chi connectivity index (χ3v) is 4.87. The van der Waals surface area contributed by atoms with Crippen molar-refractivity contribution in [1.82, 2.24) is 14.9 Å². The number of pyridine rings is 1. The van der Waals surface area contributed by atoms with E-state index in [9.17, 15) is 14.4 Å². The van der Waals surface area contributed by atoms with Gasteiger partial charge in [0.05, 0.1) is 13.7 Å². The van der Waals surface area contributed by atoms with Gasteiger partial charge in [-0.3, -0.25) is 14.6 Å². The summed E-state index contributed by atoms with van der Waals surface area (Å²) < 4.78 is 4.77. The number of nitrogens with zero attached hydrogens (tertiary/aromatic N) is 2. The summed E-state index contributed by atoms with van der Waals surface area (Å²) in [6, 6.07) is 12.4. The van der Waals surface area contributed by atoms with Gasteiger partial charge in [0, 0.05) is 35.8 Å². The van der Waals surface area contributed by atoms with Crippen LogP contribution >= 0.6 is 0 Å². The van der Waals surface area contributed by atoms with Gasteiger partial charge in [-0.1, -0.05) is 18.2 Å². The number of ketones is 1. The van der Waals surface area contributed by atoms with Crippen LogP contribution in [0.25, 0.3) is 0 Å². The Kier molecular flexibility index (Phi) is 6.41. The summed E-state index contributed by atoms with van der Waals surface area (Å²) in [6.07, 6.45) is 3.29. The molecule has 2 heterocycles. The van der Waals surface area contributed by atoms with Crippen LogP contribution in [-0.4, -0.2) is 46.2 Å². The first-order valence-corrected chi connectivity index (χ1v) is 9.46. The number of carbonyl (C=O) groups is 3. The first-order valence-electron chi connectivity index (χ1n) is 9.46. The monoisotopic (exact) mass is 405 g/mol. The summed E-state index contributed by atoms with van der Waals surface area (Å²) in [5.74, 6) is -1.04. The van der Waals surface area contributed by atoms with E-state index in [1.807, 2.05) is 6.07 Å². The van der Waals surface area contributed by atoms with E-state index < -0.39 is 5.97 Å². The van der Waals surface area contributed by atoms with Gasteiger partial charge in [-0.15, -0.1) is 0 Å². The SMILES string of the molecule is COC(=O)c1[nH]c(C)c(C(=O)CN(Cc2ccncc2)C(=O)c2ccccc2)c1C. The highest BCUT2D eigenvalue weighted by Crippen LogP contribution is 2.21. The van der Waals surface area contributed by atoms with Gasteiger partial charge < -0.3 is 14.6 Å². The number of amides is 1. The molecule has 1 amide bonds. The van der Waals surface area contributed by atoms with Crippen LogP contribution in [0.4, 0.5) is 0 Å². The number of benzene rings is 1. The molecular weight excluding hydrogens is 382 g/mol. The van der Waals surface area contributed by atoms with E-state index in [0.29, 0.717) is 22.4 Å². The van der Waals surface area contributed by atoms with Crippen LogP contribution in [0.15, 0.2) is 54.9 Å². The number of hydrogen-bond acceptors (Lipinski definition) is 5. The van der Waals surface area contributed by atoms with E-state index in [2.05, 4.69) is 9.97 Å². The average molecular weight is 405 g/mol. The Balaban J connectivity index is 1.91. The van der Waals surface area contributed by atoms with Gasteiger partial charge >= 0.3 is 5.97 Å². The average Bonchev–Trinajstić information content (AvgIpc) is 3.07. The molecule has 0 unspecified atom stereocenters. The molecule has 0 saturated heterocycles. The molecule has 0 atom stereocenters. The van der Waals surface area contributed by atoms with E-state index in [1.165, 1.54) is 12.0 Å². The molecule has 0 aliphatic heterocycles. The lowest BCUT2D eigenvalue weighted by atomic mass is 10.0. The maximum atomic E-state index is 13.2. The van der Waals surface area contributed by atoms with E-state index in [0.717, 1.165) is 5.56 Å². The molecule has 0 fully saturated rings. The van der Waals surface area contributed by atoms with E-state index >= 15 is 0 Å². The number of hydrogen-bond donors (Lipinski definition) is 1. The molecule has 30 heavy (non-hydrogen) atoms. The van der Waals surface area contributed by atoms with Gasteiger partial charge in [-0.05, 0) is 49.2 Å². The number of aryl methyl sites for hydroxylation is 1. The van der Waals surface area contributed by atoms with Gasteiger partial charge in [-0.25, -0.2) is 4.79 Å². The van der Waals surface area contributed by atoms with Gasteiger partial charge in [-0.2, -0.15) is 0 Å². The molecule has 0 bridgehead atoms. The maximum absolute atomic E-state index is 13.2. The molecule has 7 heteroatoms. The quantitative estimate of drug-likeness (QED) is 0.481. The standard InChI is InChI=1S/C23H23N3O4/c1-15-20(16(2)25-21(15)23(29)30-3)19(27)14-26(13-17-9-11-24-12-10-17)22(28)18-7-5-4-6-8-18/h4-12,25H,13-14H2,1-3H3. The Hall–Kier alpha value is -3.74. The van der Waals surface area contributed by atoms with Crippen molar-refractivity contribution in [3.05, 3.63) is 88.5 Å². The molecule has 154 valence electrons. The third-order valence-electron chi connectivity index (χ3n) is 4.87. The van der Waals surface area contributed by atoms with Crippen molar-refractivity contribution in [2.24, 2.45) is 0 Å². The van der Waals surface area contributed by atoms with Crippen LogP contribution in [0.5, 0.6) is 0 Å². The smallest absolute Gasteiger partial charge is 0.354 e. The predicted octanol–water partition coefficient (Wildman–Crippen LogP) is 3.34. The van der Waals surface area contributed by atoms with Crippen LogP contribution in [-0.2, 0) is 11.3 Å². The summed E-state index contributed by atoms with van der Waals surface area (Å²) in [4.78, 5) is 46.6. The zero-order valence-corrected chi connectivity index (χ0v) is 17.1. The lowest BCUT2D eigenvalue weighted by Crippen LogP contribution is -2.35. The summed E-state index contributed by atoms with van der Waals surface area (Å²) in [6.45, 7) is 3.54. The van der Waals surface area contributed by atoms with Gasteiger partial charge in [0.15, 0.2) is 5.78 Å². The van der Waals surface area contributed by atoms with E-state index in [4.69, 9.17) is 4.74 Å². The number of methoxy groups -OCH3 is 1. The first kappa shape index (κ1) is 21.0. The fourth-order valence-electron chi connectivity index (χ4n) is 3.40. The summed E-state index contributed by atoms with van der Waals surface area (Å²) in [5.41, 5.74) is 3.08. The number of rotatable bonds is 7. The molecule has 2 aromatic heterocycles. The highest BCUT2D eigenvalue weighted by atomic mass is 16.5. The predicted molar refractivity (Wildman–Crippen MR) is 111 cm³/mol. The lowest BCUT2D eigenvalue weighted by molar-refractivity contribution is 0.0593. The minimum absolute atomic E-state index is 0.129. The largest absolute Gasteiger partial charge is 0.464 e. The van der Waals surface area contributed by atoms with Crippen LogP contribution in [0.3, 0.4) is 0 Å². The van der Waals surface area contributed by atoms with Crippen LogP contribution in [0, 0.1) is 13.8 Å². The summed E-state index contributed by atoms with van der Waals surface area (Å²) >= 11 is 0. The highest BCUT2D eigenvalue weighted by Gasteiger charge is 2.26. The van der Waals surface area contributed by atoms with Crippen molar-refractivity contribution >= 4 is 17.7 Å². The third kappa shape index (κ3) is 4.46. The van der Waals surface area contributed by atoms with E-state index in [1.54, 1.807) is 62.6 Å². The van der Waals surface area contributed by atoms with Crippen LogP contribution < -0.4 is 0 Å². The second kappa shape index (κ2) is 9.17. The molecule has 7 nitrogen and oxygen atoms in total. The molecule has 1 N–H and O–H groups in total. The van der Waals surface area contributed by atoms with Gasteiger partial charge in [0.25, 0.3) is 5.91 Å². The molecule has 0 aliphatic rings. The Morgan fingerprint density at radius 1 is 1.03 bits per heavy atom. The van der Waals surface area contributed by atoms with Crippen molar-refractivity contribution in [2.75, 3.05) is 13.7 Å². The number of ether oxygens (including phenoxy) is 1. The fourth-order valence-corrected chi connectivity index (χ4v) is 3.40. The summed E-state index contributed by atoms with van der Waals surface area (Å²) in [7, 11) is 1.29. The minimum Gasteiger partial charge on any atom is -0.464 e. The second-order valence-corrected chi connectivity index (χ2v) is 6.92. The Bertz CT molecular complexity index is 1060. The molecule has 3 rings (SSSR count). The number of aromatic nitrogens is 2. The van der Waals surface area contributed by atoms with Crippen LogP contribution in [0.1, 0.15) is 48.0 Å². The fraction of sp³-hybridized carbons (Fsp3) is 0.217. The number of esters is 1. The molecule has 0 radical (unpaired) electrons. The topological polar surface area (TPSA) is 92.4 Å². The van der Waals surface area contributed by atoms with Gasteiger partial charge in [0.2, 0.25) is 0 Å². The van der Waals surface area contributed by atoms with E-state index in [-0.39, 0.29) is 30.5 Å². The molecule has 3 aromatic rings. The van der Waals surface area contributed by atoms with Crippen molar-refractivity contribution < 1.29 is 19.1 Å². The molecule has 0 saturated carbocycles. The van der Waals surface area contributed by atoms with Crippen molar-refractivity contribution in [3.63, 3.8) is 0 Å². The van der Waals surface area contributed by atoms with Crippen LogP contribution in [0.2, 0.25) is 0 Å². The molecular formula is C23H23N3O4. The summed E-state index contributed by atoms with van der Waals surface area (Å²) in [5, 5.41) is 0. The Labute approximate surface area is 174 Å². The molecule has 0 spiro atoms. The minimum atomic E-state index is -0.538. The zero-order chi connectivity index (χ0) is 21.7.